The Morgan fingerprint density at radius 1 is 0.477 bits per heavy atom. The molecule has 0 bridgehead atoms. The minimum absolute atomic E-state index is 0.179. The molecule has 0 aliphatic heterocycles. The fourth-order valence-electron chi connectivity index (χ4n) is 6.92. The van der Waals surface area contributed by atoms with Crippen LogP contribution >= 0.6 is 0 Å². The number of aliphatic carboxylic acids is 1. The molecule has 0 spiro atoms. The molecule has 9 nitrogen and oxygen atoms in total. The monoisotopic (exact) mass is 913 g/mol. The van der Waals surface area contributed by atoms with Gasteiger partial charge in [-0.3, -0.25) is 9.59 Å². The number of allylic oxidation sites excluding steroid dienone is 12. The molecule has 0 aliphatic carbocycles. The maximum atomic E-state index is 12.8. The molecule has 2 unspecified atom stereocenters. The van der Waals surface area contributed by atoms with Crippen molar-refractivity contribution in [2.75, 3.05) is 47.5 Å². The van der Waals surface area contributed by atoms with E-state index >= 15 is 0 Å². The molecule has 0 heterocycles. The average molecular weight is 913 g/mol. The molecule has 9 heteroatoms. The van der Waals surface area contributed by atoms with Crippen LogP contribution in [0.5, 0.6) is 0 Å². The zero-order chi connectivity index (χ0) is 47.7. The van der Waals surface area contributed by atoms with Gasteiger partial charge in [-0.05, 0) is 83.5 Å². The second kappa shape index (κ2) is 47.2. The smallest absolute Gasteiger partial charge is 0.361 e. The lowest BCUT2D eigenvalue weighted by Gasteiger charge is -2.25. The van der Waals surface area contributed by atoms with Gasteiger partial charge in [-0.25, -0.2) is 4.79 Å². The van der Waals surface area contributed by atoms with E-state index in [1.54, 1.807) is 0 Å². The summed E-state index contributed by atoms with van der Waals surface area (Å²) in [6.45, 7) is 4.72. The molecule has 0 aromatic carbocycles. The number of likely N-dealkylation sites (N-methyl/N-ethyl adjacent to an activating group) is 1. The van der Waals surface area contributed by atoms with Crippen LogP contribution in [-0.2, 0) is 33.3 Å². The summed E-state index contributed by atoms with van der Waals surface area (Å²) in [6, 6.07) is 0. The highest BCUT2D eigenvalue weighted by atomic mass is 16.7. The lowest BCUT2D eigenvalue weighted by Crippen LogP contribution is -2.40. The molecule has 0 fully saturated rings. The Bertz CT molecular complexity index is 1290. The highest BCUT2D eigenvalue weighted by Gasteiger charge is 2.25. The lowest BCUT2D eigenvalue weighted by atomic mass is 10.0. The third-order valence-corrected chi connectivity index (χ3v) is 10.9. The van der Waals surface area contributed by atoms with Gasteiger partial charge in [0.05, 0.1) is 34.4 Å². The molecule has 1 N–H and O–H groups in total. The molecular weight excluding hydrogens is 815 g/mol. The van der Waals surface area contributed by atoms with E-state index in [2.05, 4.69) is 86.8 Å². The van der Waals surface area contributed by atoms with Crippen molar-refractivity contribution in [2.24, 2.45) is 0 Å². The molecule has 65 heavy (non-hydrogen) atoms. The summed E-state index contributed by atoms with van der Waals surface area (Å²) in [5.74, 6) is -2.05. The molecule has 0 saturated carbocycles. The number of ether oxygens (including phenoxy) is 4. The minimum Gasteiger partial charge on any atom is -0.477 e. The molecule has 0 amide bonds. The van der Waals surface area contributed by atoms with Crippen LogP contribution in [0, 0.1) is 0 Å². The molecule has 0 saturated heterocycles. The highest BCUT2D eigenvalue weighted by Crippen LogP contribution is 2.14. The van der Waals surface area contributed by atoms with E-state index in [1.165, 1.54) is 96.3 Å². The maximum Gasteiger partial charge on any atom is 0.361 e. The van der Waals surface area contributed by atoms with Gasteiger partial charge in [0.2, 0.25) is 0 Å². The largest absolute Gasteiger partial charge is 0.477 e. The van der Waals surface area contributed by atoms with Crippen LogP contribution in [0.4, 0.5) is 0 Å². The van der Waals surface area contributed by atoms with Crippen LogP contribution < -0.4 is 0 Å². The number of quaternary nitrogens is 1. The van der Waals surface area contributed by atoms with Gasteiger partial charge in [-0.1, -0.05) is 183 Å². The summed E-state index contributed by atoms with van der Waals surface area (Å²) < 4.78 is 22.8. The number of rotatable bonds is 47. The molecule has 374 valence electrons. The van der Waals surface area contributed by atoms with Crippen molar-refractivity contribution in [3.8, 4) is 0 Å². The van der Waals surface area contributed by atoms with Crippen LogP contribution in [-0.4, -0.2) is 87.4 Å². The number of carboxylic acid groups (broad SMARTS) is 1. The van der Waals surface area contributed by atoms with Crippen molar-refractivity contribution in [3.63, 3.8) is 0 Å². The van der Waals surface area contributed by atoms with Crippen molar-refractivity contribution in [3.05, 3.63) is 72.9 Å². The third-order valence-electron chi connectivity index (χ3n) is 10.9. The van der Waals surface area contributed by atoms with Gasteiger partial charge in [0.1, 0.15) is 13.2 Å². The molecule has 0 aromatic heterocycles. The summed E-state index contributed by atoms with van der Waals surface area (Å²) in [4.78, 5) is 37.3. The lowest BCUT2D eigenvalue weighted by molar-refractivity contribution is -0.870. The van der Waals surface area contributed by atoms with E-state index in [0.717, 1.165) is 77.0 Å². The maximum absolute atomic E-state index is 12.8. The summed E-state index contributed by atoms with van der Waals surface area (Å²) in [5, 5.41) is 9.67. The third kappa shape index (κ3) is 48.5. The SMILES string of the molecule is CC/C=C\C/C=C\C/C=C\C/C=C\CCCCCCC(=O)OC(COC(=O)CCCCCCCCCCCCC/C=C\C/C=C\CCCCCCC)COC(OCC[N+](C)(C)C)C(=O)O. The molecule has 0 radical (unpaired) electrons. The standard InChI is InChI=1S/C56H97NO8/c1-6-8-10-12-14-16-18-20-22-24-25-26-27-28-29-31-32-34-36-38-40-42-44-46-53(58)63-50-52(51-64-56(55(60)61)62-49-48-57(3,4)5)65-54(59)47-45-43-41-39-37-35-33-30-23-21-19-17-15-13-11-9-7-2/h9,11,15,17-18,20-21,23-25,33,35,52,56H,6-8,10,12-14,16,19,22,26-32,34,36-51H2,1-5H3/p+1/b11-9-,17-15-,20-18-,23-21-,25-24-,35-33-. The van der Waals surface area contributed by atoms with Crippen molar-refractivity contribution in [2.45, 2.75) is 219 Å². The zero-order valence-electron chi connectivity index (χ0n) is 42.4. The van der Waals surface area contributed by atoms with Gasteiger partial charge in [-0.2, -0.15) is 0 Å². The van der Waals surface area contributed by atoms with Gasteiger partial charge < -0.3 is 28.5 Å². The average Bonchev–Trinajstić information content (AvgIpc) is 3.27. The fourth-order valence-corrected chi connectivity index (χ4v) is 6.92. The van der Waals surface area contributed by atoms with Gasteiger partial charge in [0.25, 0.3) is 6.29 Å². The van der Waals surface area contributed by atoms with Gasteiger partial charge in [-0.15, -0.1) is 0 Å². The summed E-state index contributed by atoms with van der Waals surface area (Å²) >= 11 is 0. The van der Waals surface area contributed by atoms with E-state index in [1.807, 2.05) is 21.1 Å². The Labute approximate surface area is 398 Å². The second-order valence-corrected chi connectivity index (χ2v) is 18.4. The Kier molecular flexibility index (Phi) is 44.9. The van der Waals surface area contributed by atoms with Gasteiger partial charge in [0.15, 0.2) is 6.10 Å². The van der Waals surface area contributed by atoms with Crippen LogP contribution in [0.3, 0.4) is 0 Å². The predicted octanol–water partition coefficient (Wildman–Crippen LogP) is 14.7. The van der Waals surface area contributed by atoms with Crippen LogP contribution in [0.25, 0.3) is 0 Å². The number of carbonyl (C=O) groups is 3. The number of unbranched alkanes of at least 4 members (excludes halogenated alkanes) is 20. The van der Waals surface area contributed by atoms with E-state index in [4.69, 9.17) is 18.9 Å². The second-order valence-electron chi connectivity index (χ2n) is 18.4. The molecule has 2 atom stereocenters. The van der Waals surface area contributed by atoms with Crippen molar-refractivity contribution in [1.29, 1.82) is 0 Å². The topological polar surface area (TPSA) is 108 Å². The number of esters is 2. The quantitative estimate of drug-likeness (QED) is 0.0211. The van der Waals surface area contributed by atoms with Gasteiger partial charge in [0, 0.05) is 12.8 Å². The first kappa shape index (κ1) is 61.7. The van der Waals surface area contributed by atoms with Crippen molar-refractivity contribution < 1.29 is 42.9 Å². The van der Waals surface area contributed by atoms with E-state index in [-0.39, 0.29) is 32.2 Å². The first-order valence-electron chi connectivity index (χ1n) is 26.1. The number of carboxylic acids is 1. The molecule has 0 aliphatic rings. The number of carbonyl (C=O) groups excluding carboxylic acids is 2. The number of nitrogens with zero attached hydrogens (tertiary/aromatic N) is 1. The molecular formula is C56H98NO8+. The van der Waals surface area contributed by atoms with Crippen LogP contribution in [0.2, 0.25) is 0 Å². The Morgan fingerprint density at radius 2 is 0.877 bits per heavy atom. The Hall–Kier alpha value is -3.27. The Morgan fingerprint density at radius 3 is 1.31 bits per heavy atom. The first-order valence-corrected chi connectivity index (χ1v) is 26.1. The van der Waals surface area contributed by atoms with E-state index in [0.29, 0.717) is 23.9 Å². The molecule has 0 rings (SSSR count). The summed E-state index contributed by atoms with van der Waals surface area (Å²) in [6.07, 6.45) is 56.8. The van der Waals surface area contributed by atoms with Crippen molar-refractivity contribution >= 4 is 17.9 Å². The highest BCUT2D eigenvalue weighted by molar-refractivity contribution is 5.71. The normalized spacial score (nSPS) is 13.4. The zero-order valence-corrected chi connectivity index (χ0v) is 42.4. The van der Waals surface area contributed by atoms with Crippen LogP contribution in [0.1, 0.15) is 206 Å². The van der Waals surface area contributed by atoms with Crippen molar-refractivity contribution in [1.82, 2.24) is 0 Å². The van der Waals surface area contributed by atoms with E-state index in [9.17, 15) is 19.5 Å². The summed E-state index contributed by atoms with van der Waals surface area (Å²) in [7, 11) is 5.95. The molecule has 0 aromatic rings. The van der Waals surface area contributed by atoms with Crippen LogP contribution in [0.15, 0.2) is 72.9 Å². The number of hydrogen-bond donors (Lipinski definition) is 1. The first-order chi connectivity index (χ1) is 31.6. The Balaban J connectivity index is 4.34. The van der Waals surface area contributed by atoms with Gasteiger partial charge >= 0.3 is 17.9 Å². The number of hydrogen-bond acceptors (Lipinski definition) is 7. The fraction of sp³-hybridized carbons (Fsp3) is 0.732. The minimum atomic E-state index is -1.52. The summed E-state index contributed by atoms with van der Waals surface area (Å²) in [5.41, 5.74) is 0. The predicted molar refractivity (Wildman–Crippen MR) is 272 cm³/mol. The van der Waals surface area contributed by atoms with E-state index < -0.39 is 24.3 Å².